The molecule has 1 saturated heterocycles. The highest BCUT2D eigenvalue weighted by molar-refractivity contribution is 4.87. The van der Waals surface area contributed by atoms with Crippen LogP contribution >= 0.6 is 0 Å². The number of aliphatic hydroxyl groups excluding tert-OH is 1. The fraction of sp³-hybridized carbons (Fsp3) is 1.00. The Morgan fingerprint density at radius 1 is 1.19 bits per heavy atom. The standard InChI is InChI=1S/C18H36N2O/c1-4-9-19-18-6-5-14(2)12-17(18)13-20-10-7-16(8-11-20)15(3)21/h14-19,21H,4-13H2,1-3H3. The fourth-order valence-corrected chi connectivity index (χ4v) is 4.25. The summed E-state index contributed by atoms with van der Waals surface area (Å²) >= 11 is 0. The summed E-state index contributed by atoms with van der Waals surface area (Å²) < 4.78 is 0. The van der Waals surface area contributed by atoms with E-state index in [4.69, 9.17) is 0 Å². The van der Waals surface area contributed by atoms with Crippen LogP contribution in [0, 0.1) is 17.8 Å². The van der Waals surface area contributed by atoms with Gasteiger partial charge >= 0.3 is 0 Å². The van der Waals surface area contributed by atoms with Crippen LogP contribution in [0.3, 0.4) is 0 Å². The van der Waals surface area contributed by atoms with Crippen molar-refractivity contribution in [3.63, 3.8) is 0 Å². The van der Waals surface area contributed by atoms with E-state index in [1.54, 1.807) is 0 Å². The summed E-state index contributed by atoms with van der Waals surface area (Å²) in [6.45, 7) is 11.4. The van der Waals surface area contributed by atoms with Gasteiger partial charge < -0.3 is 15.3 Å². The SMILES string of the molecule is CCCNC1CCC(C)CC1CN1CCC(C(C)O)CC1. The van der Waals surface area contributed by atoms with Gasteiger partial charge in [0.25, 0.3) is 0 Å². The van der Waals surface area contributed by atoms with E-state index < -0.39 is 0 Å². The summed E-state index contributed by atoms with van der Waals surface area (Å²) in [5, 5.41) is 13.5. The topological polar surface area (TPSA) is 35.5 Å². The Morgan fingerprint density at radius 3 is 2.52 bits per heavy atom. The van der Waals surface area contributed by atoms with E-state index in [2.05, 4.69) is 24.1 Å². The van der Waals surface area contributed by atoms with E-state index in [-0.39, 0.29) is 6.10 Å². The molecule has 1 aliphatic heterocycles. The van der Waals surface area contributed by atoms with Crippen LogP contribution in [-0.2, 0) is 0 Å². The van der Waals surface area contributed by atoms with Crippen molar-refractivity contribution in [2.75, 3.05) is 26.2 Å². The van der Waals surface area contributed by atoms with E-state index in [0.29, 0.717) is 5.92 Å². The molecule has 21 heavy (non-hydrogen) atoms. The normalized spacial score (nSPS) is 34.0. The smallest absolute Gasteiger partial charge is 0.0541 e. The predicted octanol–water partition coefficient (Wildman–Crippen LogP) is 2.88. The highest BCUT2D eigenvalue weighted by atomic mass is 16.3. The van der Waals surface area contributed by atoms with Crippen LogP contribution in [0.4, 0.5) is 0 Å². The Bertz CT molecular complexity index is 285. The molecule has 3 heteroatoms. The lowest BCUT2D eigenvalue weighted by Gasteiger charge is -2.41. The monoisotopic (exact) mass is 296 g/mol. The molecule has 1 aliphatic carbocycles. The molecule has 2 N–H and O–H groups in total. The quantitative estimate of drug-likeness (QED) is 0.791. The van der Waals surface area contributed by atoms with Crippen LogP contribution in [0.25, 0.3) is 0 Å². The number of hydrogen-bond donors (Lipinski definition) is 2. The molecule has 4 unspecified atom stereocenters. The average Bonchev–Trinajstić information content (AvgIpc) is 2.47. The van der Waals surface area contributed by atoms with Gasteiger partial charge in [-0.3, -0.25) is 0 Å². The van der Waals surface area contributed by atoms with Crippen LogP contribution < -0.4 is 5.32 Å². The Labute approximate surface area is 131 Å². The second-order valence-electron chi connectivity index (χ2n) is 7.62. The van der Waals surface area contributed by atoms with Crippen molar-refractivity contribution in [2.24, 2.45) is 17.8 Å². The summed E-state index contributed by atoms with van der Waals surface area (Å²) in [6, 6.07) is 0.732. The van der Waals surface area contributed by atoms with Crippen molar-refractivity contribution < 1.29 is 5.11 Å². The van der Waals surface area contributed by atoms with E-state index in [0.717, 1.165) is 17.9 Å². The van der Waals surface area contributed by atoms with Gasteiger partial charge in [0.1, 0.15) is 0 Å². The summed E-state index contributed by atoms with van der Waals surface area (Å²) in [5.41, 5.74) is 0. The summed E-state index contributed by atoms with van der Waals surface area (Å²) in [6.07, 6.45) is 7.59. The molecule has 0 spiro atoms. The molecule has 0 aromatic carbocycles. The first-order valence-corrected chi connectivity index (χ1v) is 9.24. The molecule has 0 amide bonds. The third kappa shape index (κ3) is 5.22. The van der Waals surface area contributed by atoms with Crippen LogP contribution in [0.15, 0.2) is 0 Å². The summed E-state index contributed by atoms with van der Waals surface area (Å²) in [7, 11) is 0. The Balaban J connectivity index is 1.81. The largest absolute Gasteiger partial charge is 0.393 e. The van der Waals surface area contributed by atoms with Crippen molar-refractivity contribution in [3.05, 3.63) is 0 Å². The van der Waals surface area contributed by atoms with Gasteiger partial charge in [0.05, 0.1) is 6.10 Å². The van der Waals surface area contributed by atoms with Crippen molar-refractivity contribution in [2.45, 2.75) is 71.4 Å². The Morgan fingerprint density at radius 2 is 1.90 bits per heavy atom. The lowest BCUT2D eigenvalue weighted by atomic mass is 9.78. The van der Waals surface area contributed by atoms with Gasteiger partial charge in [-0.15, -0.1) is 0 Å². The second-order valence-corrected chi connectivity index (χ2v) is 7.62. The van der Waals surface area contributed by atoms with E-state index in [1.807, 2.05) is 6.92 Å². The molecule has 0 aromatic heterocycles. The molecule has 124 valence electrons. The zero-order chi connectivity index (χ0) is 15.2. The molecule has 3 nitrogen and oxygen atoms in total. The molecular formula is C18H36N2O. The number of nitrogens with one attached hydrogen (secondary N) is 1. The van der Waals surface area contributed by atoms with Crippen molar-refractivity contribution in [1.82, 2.24) is 10.2 Å². The van der Waals surface area contributed by atoms with Gasteiger partial charge in [0.2, 0.25) is 0 Å². The average molecular weight is 296 g/mol. The highest BCUT2D eigenvalue weighted by Gasteiger charge is 2.31. The van der Waals surface area contributed by atoms with Crippen LogP contribution in [-0.4, -0.2) is 48.3 Å². The molecule has 1 saturated carbocycles. The maximum Gasteiger partial charge on any atom is 0.0541 e. The summed E-state index contributed by atoms with van der Waals surface area (Å²) in [4.78, 5) is 2.65. The first-order chi connectivity index (χ1) is 10.1. The molecule has 0 aromatic rings. The van der Waals surface area contributed by atoms with E-state index in [1.165, 1.54) is 64.7 Å². The minimum atomic E-state index is -0.124. The molecule has 2 aliphatic rings. The molecule has 1 heterocycles. The second kappa shape index (κ2) is 8.50. The maximum absolute atomic E-state index is 9.73. The lowest BCUT2D eigenvalue weighted by Crippen LogP contribution is -2.47. The number of aliphatic hydroxyl groups is 1. The number of nitrogens with zero attached hydrogens (tertiary/aromatic N) is 1. The highest BCUT2D eigenvalue weighted by Crippen LogP contribution is 2.31. The molecule has 2 fully saturated rings. The third-order valence-electron chi connectivity index (χ3n) is 5.71. The van der Waals surface area contributed by atoms with Gasteiger partial charge in [0.15, 0.2) is 0 Å². The summed E-state index contributed by atoms with van der Waals surface area (Å²) in [5.74, 6) is 2.24. The minimum absolute atomic E-state index is 0.124. The van der Waals surface area contributed by atoms with Crippen molar-refractivity contribution >= 4 is 0 Å². The number of likely N-dealkylation sites (tertiary alicyclic amines) is 1. The van der Waals surface area contributed by atoms with Gasteiger partial charge in [-0.05, 0) is 82.8 Å². The molecule has 0 bridgehead atoms. The van der Waals surface area contributed by atoms with Gasteiger partial charge in [-0.1, -0.05) is 13.8 Å². The maximum atomic E-state index is 9.73. The Kier molecular flexibility index (Phi) is 6.97. The zero-order valence-corrected chi connectivity index (χ0v) is 14.4. The first kappa shape index (κ1) is 17.2. The minimum Gasteiger partial charge on any atom is -0.393 e. The molecule has 2 rings (SSSR count). The third-order valence-corrected chi connectivity index (χ3v) is 5.71. The Hall–Kier alpha value is -0.120. The fourth-order valence-electron chi connectivity index (χ4n) is 4.25. The molecule has 4 atom stereocenters. The van der Waals surface area contributed by atoms with Gasteiger partial charge in [-0.2, -0.15) is 0 Å². The number of hydrogen-bond acceptors (Lipinski definition) is 3. The van der Waals surface area contributed by atoms with Gasteiger partial charge in [-0.25, -0.2) is 0 Å². The zero-order valence-electron chi connectivity index (χ0n) is 14.4. The molecule has 0 radical (unpaired) electrons. The predicted molar refractivity (Wildman–Crippen MR) is 89.4 cm³/mol. The molecular weight excluding hydrogens is 260 g/mol. The van der Waals surface area contributed by atoms with Crippen molar-refractivity contribution in [3.8, 4) is 0 Å². The van der Waals surface area contributed by atoms with E-state index >= 15 is 0 Å². The van der Waals surface area contributed by atoms with Crippen molar-refractivity contribution in [1.29, 1.82) is 0 Å². The number of piperidine rings is 1. The van der Waals surface area contributed by atoms with Crippen LogP contribution in [0.2, 0.25) is 0 Å². The van der Waals surface area contributed by atoms with Crippen LogP contribution in [0.5, 0.6) is 0 Å². The van der Waals surface area contributed by atoms with E-state index in [9.17, 15) is 5.11 Å². The first-order valence-electron chi connectivity index (χ1n) is 9.24. The number of rotatable bonds is 6. The lowest BCUT2D eigenvalue weighted by molar-refractivity contribution is 0.0572. The van der Waals surface area contributed by atoms with Crippen LogP contribution in [0.1, 0.15) is 59.3 Å². The van der Waals surface area contributed by atoms with Gasteiger partial charge in [0, 0.05) is 12.6 Å².